The van der Waals surface area contributed by atoms with Crippen molar-refractivity contribution >= 4 is 15.9 Å². The number of amides is 1. The smallest absolute Gasteiger partial charge is 0.410 e. The van der Waals surface area contributed by atoms with Crippen LogP contribution < -0.4 is 0 Å². The molecule has 2 aliphatic rings. The summed E-state index contributed by atoms with van der Waals surface area (Å²) in [5.41, 5.74) is -0.752. The van der Waals surface area contributed by atoms with Crippen molar-refractivity contribution in [3.63, 3.8) is 0 Å². The highest BCUT2D eigenvalue weighted by atomic mass is 32.2. The van der Waals surface area contributed by atoms with E-state index in [9.17, 15) is 13.2 Å². The van der Waals surface area contributed by atoms with E-state index in [1.807, 2.05) is 20.8 Å². The molecule has 2 bridgehead atoms. The number of piperidine rings is 1. The number of likely N-dealkylation sites (tertiary alicyclic amines) is 1. The maximum Gasteiger partial charge on any atom is 0.410 e. The quantitative estimate of drug-likeness (QED) is 0.778. The Hall–Kier alpha value is -0.780. The minimum atomic E-state index is -3.01. The van der Waals surface area contributed by atoms with Crippen LogP contribution in [0.4, 0.5) is 4.79 Å². The van der Waals surface area contributed by atoms with Gasteiger partial charge < -0.3 is 9.64 Å². The van der Waals surface area contributed by atoms with Gasteiger partial charge in [0, 0.05) is 24.3 Å². The highest BCUT2D eigenvalue weighted by Crippen LogP contribution is 2.48. The van der Waals surface area contributed by atoms with Crippen molar-refractivity contribution < 1.29 is 17.9 Å². The van der Waals surface area contributed by atoms with Gasteiger partial charge in [-0.15, -0.1) is 0 Å². The Morgan fingerprint density at radius 3 is 2.58 bits per heavy atom. The highest BCUT2D eigenvalue weighted by molar-refractivity contribution is 7.90. The lowest BCUT2D eigenvalue weighted by atomic mass is 9.90. The summed E-state index contributed by atoms with van der Waals surface area (Å²) >= 11 is 0. The van der Waals surface area contributed by atoms with Gasteiger partial charge in [-0.1, -0.05) is 0 Å². The molecule has 1 amide bonds. The van der Waals surface area contributed by atoms with Crippen LogP contribution in [0, 0.1) is 5.41 Å². The second kappa shape index (κ2) is 4.36. The standard InChI is InChI=1S/C13H23NO4S/c1-12(2,3)18-11(15)14-8-13(9-19(4,16)17)6-5-10(14)7-13/h10H,5-9H2,1-4H3. The van der Waals surface area contributed by atoms with Crippen LogP contribution >= 0.6 is 0 Å². The molecule has 6 heteroatoms. The number of sulfone groups is 1. The first-order valence-electron chi connectivity index (χ1n) is 6.67. The van der Waals surface area contributed by atoms with Crippen LogP contribution in [0.5, 0.6) is 0 Å². The molecule has 5 nitrogen and oxygen atoms in total. The zero-order valence-electron chi connectivity index (χ0n) is 12.1. The molecule has 0 aromatic heterocycles. The van der Waals surface area contributed by atoms with Gasteiger partial charge in [0.25, 0.3) is 0 Å². The average Bonchev–Trinajstić information content (AvgIpc) is 2.68. The van der Waals surface area contributed by atoms with E-state index >= 15 is 0 Å². The Kier molecular flexibility index (Phi) is 3.36. The van der Waals surface area contributed by atoms with E-state index in [2.05, 4.69) is 0 Å². The summed E-state index contributed by atoms with van der Waals surface area (Å²) in [4.78, 5) is 13.8. The maximum atomic E-state index is 12.1. The third kappa shape index (κ3) is 3.41. The average molecular weight is 289 g/mol. The molecule has 1 aliphatic carbocycles. The molecule has 0 spiro atoms. The fourth-order valence-electron chi connectivity index (χ4n) is 3.34. The second-order valence-electron chi connectivity index (χ2n) is 7.07. The molecule has 2 fully saturated rings. The van der Waals surface area contributed by atoms with E-state index in [4.69, 9.17) is 4.74 Å². The molecule has 0 N–H and O–H groups in total. The fourth-order valence-corrected chi connectivity index (χ4v) is 4.81. The maximum absolute atomic E-state index is 12.1. The number of hydrogen-bond acceptors (Lipinski definition) is 4. The molecule has 1 saturated heterocycles. The van der Waals surface area contributed by atoms with E-state index in [1.54, 1.807) is 4.90 Å². The first-order chi connectivity index (χ1) is 8.50. The summed E-state index contributed by atoms with van der Waals surface area (Å²) in [6, 6.07) is 0.150. The van der Waals surface area contributed by atoms with E-state index in [1.165, 1.54) is 6.26 Å². The highest BCUT2D eigenvalue weighted by Gasteiger charge is 2.53. The Balaban J connectivity index is 2.07. The minimum Gasteiger partial charge on any atom is -0.444 e. The molecule has 110 valence electrons. The van der Waals surface area contributed by atoms with Crippen molar-refractivity contribution in [2.24, 2.45) is 5.41 Å². The number of nitrogens with zero attached hydrogens (tertiary/aromatic N) is 1. The monoisotopic (exact) mass is 289 g/mol. The summed E-state index contributed by atoms with van der Waals surface area (Å²) in [5.74, 6) is 0.176. The summed E-state index contributed by atoms with van der Waals surface area (Å²) in [7, 11) is -3.01. The van der Waals surface area contributed by atoms with Gasteiger partial charge >= 0.3 is 6.09 Å². The second-order valence-corrected chi connectivity index (χ2v) is 9.22. The molecule has 2 atom stereocenters. The fraction of sp³-hybridized carbons (Fsp3) is 0.923. The van der Waals surface area contributed by atoms with Crippen molar-refractivity contribution in [2.45, 2.75) is 51.7 Å². The van der Waals surface area contributed by atoms with Crippen LogP contribution in [0.25, 0.3) is 0 Å². The van der Waals surface area contributed by atoms with Crippen LogP contribution in [-0.2, 0) is 14.6 Å². The topological polar surface area (TPSA) is 63.7 Å². The zero-order chi connectivity index (χ0) is 14.5. The molecule has 1 heterocycles. The van der Waals surface area contributed by atoms with Crippen molar-refractivity contribution in [3.05, 3.63) is 0 Å². The molecule has 0 aromatic carbocycles. The normalized spacial score (nSPS) is 30.7. The number of fused-ring (bicyclic) bond motifs is 2. The third-order valence-electron chi connectivity index (χ3n) is 3.82. The van der Waals surface area contributed by atoms with Crippen LogP contribution in [0.15, 0.2) is 0 Å². The molecule has 2 unspecified atom stereocenters. The minimum absolute atomic E-state index is 0.150. The summed E-state index contributed by atoms with van der Waals surface area (Å²) in [6.07, 6.45) is 3.52. The first kappa shape index (κ1) is 14.6. The third-order valence-corrected chi connectivity index (χ3v) is 4.96. The van der Waals surface area contributed by atoms with Gasteiger partial charge in [0.1, 0.15) is 15.4 Å². The Morgan fingerprint density at radius 1 is 1.42 bits per heavy atom. The predicted octanol–water partition coefficient (Wildman–Crippen LogP) is 1.82. The number of carbonyl (C=O) groups is 1. The van der Waals surface area contributed by atoms with Gasteiger partial charge in [-0.05, 0) is 40.0 Å². The summed E-state index contributed by atoms with van der Waals surface area (Å²) in [5, 5.41) is 0. The Bertz CT molecular complexity index is 479. The largest absolute Gasteiger partial charge is 0.444 e. The van der Waals surface area contributed by atoms with Crippen molar-refractivity contribution in [3.8, 4) is 0 Å². The Labute approximate surface area is 115 Å². The molecular weight excluding hydrogens is 266 g/mol. The molecule has 0 aromatic rings. The SMILES string of the molecule is CC(C)(C)OC(=O)N1CC2(CS(C)(=O)=O)CCC1C2. The zero-order valence-corrected chi connectivity index (χ0v) is 12.9. The first-order valence-corrected chi connectivity index (χ1v) is 8.73. The molecule has 2 rings (SSSR count). The van der Waals surface area contributed by atoms with Gasteiger partial charge in [0.05, 0.1) is 5.75 Å². The van der Waals surface area contributed by atoms with Crippen LogP contribution in [0.1, 0.15) is 40.0 Å². The van der Waals surface area contributed by atoms with Crippen molar-refractivity contribution in [1.82, 2.24) is 4.90 Å². The van der Waals surface area contributed by atoms with Crippen LogP contribution in [-0.4, -0.2) is 49.6 Å². The van der Waals surface area contributed by atoms with Crippen LogP contribution in [0.2, 0.25) is 0 Å². The molecule has 1 aliphatic heterocycles. The number of hydrogen-bond donors (Lipinski definition) is 0. The van der Waals surface area contributed by atoms with E-state index < -0.39 is 15.4 Å². The molecule has 1 saturated carbocycles. The van der Waals surface area contributed by atoms with Gasteiger partial charge in [0.2, 0.25) is 0 Å². The van der Waals surface area contributed by atoms with E-state index in [-0.39, 0.29) is 23.3 Å². The predicted molar refractivity (Wildman–Crippen MR) is 72.7 cm³/mol. The lowest BCUT2D eigenvalue weighted by Gasteiger charge is -2.33. The van der Waals surface area contributed by atoms with Crippen LogP contribution in [0.3, 0.4) is 0 Å². The van der Waals surface area contributed by atoms with E-state index in [0.717, 1.165) is 19.3 Å². The Morgan fingerprint density at radius 2 is 2.05 bits per heavy atom. The van der Waals surface area contributed by atoms with Crippen molar-refractivity contribution in [1.29, 1.82) is 0 Å². The molecular formula is C13H23NO4S. The molecule has 0 radical (unpaired) electrons. The van der Waals surface area contributed by atoms with Gasteiger partial charge in [-0.25, -0.2) is 13.2 Å². The van der Waals surface area contributed by atoms with Gasteiger partial charge in [-0.3, -0.25) is 0 Å². The van der Waals surface area contributed by atoms with Crippen molar-refractivity contribution in [2.75, 3.05) is 18.6 Å². The van der Waals surface area contributed by atoms with E-state index in [0.29, 0.717) is 6.54 Å². The number of ether oxygens (including phenoxy) is 1. The molecule has 19 heavy (non-hydrogen) atoms. The van der Waals surface area contributed by atoms with Gasteiger partial charge in [-0.2, -0.15) is 0 Å². The lowest BCUT2D eigenvalue weighted by Crippen LogP contribution is -2.44. The van der Waals surface area contributed by atoms with Gasteiger partial charge in [0.15, 0.2) is 0 Å². The number of rotatable bonds is 2. The summed E-state index contributed by atoms with van der Waals surface area (Å²) < 4.78 is 28.5. The number of carbonyl (C=O) groups excluding carboxylic acids is 1. The summed E-state index contributed by atoms with van der Waals surface area (Å²) in [6.45, 7) is 6.03. The lowest BCUT2D eigenvalue weighted by molar-refractivity contribution is 0.0166.